The fourth-order valence-electron chi connectivity index (χ4n) is 5.99. The predicted molar refractivity (Wildman–Crippen MR) is 119 cm³/mol. The maximum Gasteiger partial charge on any atom is 0.320 e. The Bertz CT molecular complexity index is 863. The van der Waals surface area contributed by atoms with Gasteiger partial charge < -0.3 is 20.0 Å². The van der Waals surface area contributed by atoms with Crippen LogP contribution in [0.3, 0.4) is 0 Å². The van der Waals surface area contributed by atoms with Gasteiger partial charge in [-0.15, -0.1) is 11.3 Å². The van der Waals surface area contributed by atoms with Crippen LogP contribution in [-0.2, 0) is 4.79 Å². The van der Waals surface area contributed by atoms with E-state index >= 15 is 0 Å². The molecule has 4 aliphatic heterocycles. The van der Waals surface area contributed by atoms with Gasteiger partial charge in [0.05, 0.1) is 4.88 Å². The summed E-state index contributed by atoms with van der Waals surface area (Å²) < 4.78 is 0. The summed E-state index contributed by atoms with van der Waals surface area (Å²) in [6.07, 6.45) is 5.50. The fraction of sp³-hybridized carbons (Fsp3) is 0.696. The molecule has 7 nitrogen and oxygen atoms in total. The van der Waals surface area contributed by atoms with Crippen molar-refractivity contribution in [1.29, 1.82) is 0 Å². The summed E-state index contributed by atoms with van der Waals surface area (Å²) in [5.41, 5.74) is 0. The van der Waals surface area contributed by atoms with Crippen molar-refractivity contribution in [3.05, 3.63) is 21.9 Å². The molecular weight excluding hydrogens is 412 g/mol. The van der Waals surface area contributed by atoms with Gasteiger partial charge >= 0.3 is 6.03 Å². The normalized spacial score (nSPS) is 29.0. The summed E-state index contributed by atoms with van der Waals surface area (Å²) in [5, 5.41) is 3.14. The zero-order valence-electron chi connectivity index (χ0n) is 18.2. The maximum absolute atomic E-state index is 13.2. The van der Waals surface area contributed by atoms with E-state index in [1.54, 1.807) is 0 Å². The monoisotopic (exact) mass is 444 g/mol. The number of rotatable bonds is 2. The number of aryl methyl sites for hydroxylation is 1. The van der Waals surface area contributed by atoms with Gasteiger partial charge in [0, 0.05) is 56.1 Å². The molecule has 1 aromatic heterocycles. The molecule has 3 atom stereocenters. The number of hydrogen-bond donors (Lipinski definition) is 1. The lowest BCUT2D eigenvalue weighted by atomic mass is 9.76. The van der Waals surface area contributed by atoms with Crippen LogP contribution in [0.2, 0.25) is 0 Å². The first-order valence-corrected chi connectivity index (χ1v) is 12.5. The van der Waals surface area contributed by atoms with Crippen molar-refractivity contribution in [3.8, 4) is 0 Å². The number of carbonyl (C=O) groups excluding carboxylic acids is 3. The Morgan fingerprint density at radius 2 is 1.87 bits per heavy atom. The lowest BCUT2D eigenvalue weighted by Gasteiger charge is -2.53. The summed E-state index contributed by atoms with van der Waals surface area (Å²) in [6.45, 7) is 5.74. The number of hydrogen-bond acceptors (Lipinski definition) is 4. The van der Waals surface area contributed by atoms with Crippen molar-refractivity contribution < 1.29 is 14.4 Å². The van der Waals surface area contributed by atoms with Crippen LogP contribution in [0.15, 0.2) is 12.1 Å². The minimum Gasteiger partial charge on any atom is -0.348 e. The summed E-state index contributed by atoms with van der Waals surface area (Å²) in [5.74, 6) is 1.14. The fourth-order valence-corrected chi connectivity index (χ4v) is 6.76. The molecule has 2 bridgehead atoms. The van der Waals surface area contributed by atoms with Crippen molar-refractivity contribution in [3.63, 3.8) is 0 Å². The topological polar surface area (TPSA) is 73.0 Å². The zero-order valence-corrected chi connectivity index (χ0v) is 19.0. The molecule has 4 amide bonds. The molecule has 4 fully saturated rings. The SMILES string of the molecule is Cc1ccc(C(=O)NC2CCN(C(=O)N3CC4CC(C3)[C@H]3CCCC(=O)N3C4)CC2)s1. The lowest BCUT2D eigenvalue weighted by Crippen LogP contribution is -2.62. The van der Waals surface area contributed by atoms with Crippen LogP contribution in [-0.4, -0.2) is 77.4 Å². The molecule has 0 aromatic carbocycles. The van der Waals surface area contributed by atoms with Crippen molar-refractivity contribution in [2.45, 2.75) is 57.5 Å². The first-order chi connectivity index (χ1) is 15.0. The van der Waals surface area contributed by atoms with Crippen LogP contribution in [0.1, 0.15) is 53.1 Å². The van der Waals surface area contributed by atoms with E-state index in [4.69, 9.17) is 0 Å². The second-order valence-corrected chi connectivity index (χ2v) is 11.0. The molecule has 1 N–H and O–H groups in total. The van der Waals surface area contributed by atoms with Crippen molar-refractivity contribution >= 4 is 29.2 Å². The van der Waals surface area contributed by atoms with E-state index in [0.29, 0.717) is 43.3 Å². The minimum absolute atomic E-state index is 0.00156. The molecule has 4 saturated heterocycles. The van der Waals surface area contributed by atoms with Gasteiger partial charge in [-0.2, -0.15) is 0 Å². The number of likely N-dealkylation sites (tertiary alicyclic amines) is 2. The van der Waals surface area contributed by atoms with Gasteiger partial charge in [-0.3, -0.25) is 9.59 Å². The van der Waals surface area contributed by atoms with Crippen LogP contribution in [0.4, 0.5) is 4.79 Å². The highest BCUT2D eigenvalue weighted by Crippen LogP contribution is 2.38. The van der Waals surface area contributed by atoms with E-state index < -0.39 is 0 Å². The lowest BCUT2D eigenvalue weighted by molar-refractivity contribution is -0.144. The summed E-state index contributed by atoms with van der Waals surface area (Å²) >= 11 is 1.52. The highest BCUT2D eigenvalue weighted by Gasteiger charge is 2.45. The Kier molecular flexibility index (Phi) is 5.67. The molecule has 0 radical (unpaired) electrons. The Labute approximate surface area is 187 Å². The second kappa shape index (κ2) is 8.45. The van der Waals surface area contributed by atoms with Crippen LogP contribution in [0.25, 0.3) is 0 Å². The van der Waals surface area contributed by atoms with Crippen LogP contribution in [0.5, 0.6) is 0 Å². The average molecular weight is 445 g/mol. The zero-order chi connectivity index (χ0) is 21.5. The highest BCUT2D eigenvalue weighted by atomic mass is 32.1. The molecule has 0 aliphatic carbocycles. The summed E-state index contributed by atoms with van der Waals surface area (Å²) in [4.78, 5) is 46.0. The van der Waals surface area contributed by atoms with Gasteiger partial charge in [0.25, 0.3) is 5.91 Å². The van der Waals surface area contributed by atoms with Crippen LogP contribution >= 0.6 is 11.3 Å². The van der Waals surface area contributed by atoms with Gasteiger partial charge in [0.1, 0.15) is 0 Å². The van der Waals surface area contributed by atoms with E-state index in [9.17, 15) is 14.4 Å². The van der Waals surface area contributed by atoms with Crippen molar-refractivity contribution in [1.82, 2.24) is 20.0 Å². The number of carbonyl (C=O) groups is 3. The first kappa shape index (κ1) is 20.8. The Balaban J connectivity index is 1.14. The van der Waals surface area contributed by atoms with Gasteiger partial charge in [0.15, 0.2) is 0 Å². The molecule has 0 saturated carbocycles. The third kappa shape index (κ3) is 4.19. The molecule has 31 heavy (non-hydrogen) atoms. The minimum atomic E-state index is -0.00156. The molecule has 8 heteroatoms. The predicted octanol–water partition coefficient (Wildman–Crippen LogP) is 2.70. The van der Waals surface area contributed by atoms with Gasteiger partial charge in [-0.1, -0.05) is 0 Å². The van der Waals surface area contributed by atoms with Crippen LogP contribution in [0, 0.1) is 18.8 Å². The van der Waals surface area contributed by atoms with Crippen LogP contribution < -0.4 is 5.32 Å². The largest absolute Gasteiger partial charge is 0.348 e. The van der Waals surface area contributed by atoms with E-state index in [2.05, 4.69) is 10.2 Å². The smallest absolute Gasteiger partial charge is 0.320 e. The quantitative estimate of drug-likeness (QED) is 0.762. The third-order valence-corrected chi connectivity index (χ3v) is 8.51. The summed E-state index contributed by atoms with van der Waals surface area (Å²) in [6, 6.07) is 4.44. The Morgan fingerprint density at radius 3 is 2.61 bits per heavy atom. The highest BCUT2D eigenvalue weighted by molar-refractivity contribution is 7.13. The van der Waals surface area contributed by atoms with E-state index in [1.807, 2.05) is 28.9 Å². The molecule has 168 valence electrons. The second-order valence-electron chi connectivity index (χ2n) is 9.70. The van der Waals surface area contributed by atoms with Gasteiger partial charge in [-0.25, -0.2) is 4.79 Å². The average Bonchev–Trinajstić information content (AvgIpc) is 3.21. The third-order valence-electron chi connectivity index (χ3n) is 7.52. The van der Waals surface area contributed by atoms with E-state index in [0.717, 1.165) is 61.5 Å². The molecule has 4 aliphatic rings. The molecule has 5 heterocycles. The number of thiophene rings is 1. The molecule has 2 unspecified atom stereocenters. The number of amides is 4. The van der Waals surface area contributed by atoms with E-state index in [-0.39, 0.29) is 18.0 Å². The Morgan fingerprint density at radius 1 is 1.06 bits per heavy atom. The number of nitrogens with one attached hydrogen (secondary N) is 1. The molecule has 1 aromatic rings. The van der Waals surface area contributed by atoms with Gasteiger partial charge in [-0.05, 0) is 63.0 Å². The Hall–Kier alpha value is -2.09. The van der Waals surface area contributed by atoms with E-state index in [1.165, 1.54) is 11.3 Å². The van der Waals surface area contributed by atoms with Gasteiger partial charge in [0.2, 0.25) is 5.91 Å². The number of fused-ring (bicyclic) bond motifs is 4. The number of urea groups is 1. The molecular formula is C23H32N4O3S. The number of nitrogens with zero attached hydrogens (tertiary/aromatic N) is 3. The first-order valence-electron chi connectivity index (χ1n) is 11.7. The van der Waals surface area contributed by atoms with Crippen molar-refractivity contribution in [2.24, 2.45) is 11.8 Å². The maximum atomic E-state index is 13.2. The van der Waals surface area contributed by atoms with Crippen molar-refractivity contribution in [2.75, 3.05) is 32.7 Å². The number of piperidine rings is 4. The molecule has 5 rings (SSSR count). The standard InChI is InChI=1S/C23H32N4O3S/c1-15-5-6-20(31-15)22(29)24-18-7-9-25(10-8-18)23(30)26-12-16-11-17(14-26)19-3-2-4-21(28)27(19)13-16/h5-6,16-19H,2-4,7-14H2,1H3,(H,24,29)/t16?,17?,19-/m1/s1. The molecule has 0 spiro atoms. The summed E-state index contributed by atoms with van der Waals surface area (Å²) in [7, 11) is 0.